The maximum Gasteiger partial charge on any atom is 0.212 e. The number of nitrogens with zero attached hydrogens (tertiary/aromatic N) is 2. The average Bonchev–Trinajstić information content (AvgIpc) is 2.79. The van der Waals surface area contributed by atoms with Crippen LogP contribution in [0.1, 0.15) is 29.4 Å². The maximum atomic E-state index is 12.5. The van der Waals surface area contributed by atoms with Gasteiger partial charge < -0.3 is 0 Å². The highest BCUT2D eigenvalue weighted by Gasteiger charge is 2.19. The third kappa shape index (κ3) is 3.33. The predicted molar refractivity (Wildman–Crippen MR) is 80.5 cm³/mol. The normalized spacial score (nSPS) is 11.6. The van der Waals surface area contributed by atoms with Crippen molar-refractivity contribution >= 4 is 27.2 Å². The van der Waals surface area contributed by atoms with Crippen LogP contribution in [0.2, 0.25) is 5.02 Å². The zero-order chi connectivity index (χ0) is 15.6. The van der Waals surface area contributed by atoms with Gasteiger partial charge in [0.2, 0.25) is 5.78 Å². The molecule has 1 heterocycles. The molecule has 0 unspecified atom stereocenters. The van der Waals surface area contributed by atoms with Crippen LogP contribution in [0.5, 0.6) is 0 Å². The summed E-state index contributed by atoms with van der Waals surface area (Å²) in [5, 5.41) is 4.37. The molecule has 1 aromatic carbocycles. The highest BCUT2D eigenvalue weighted by atomic mass is 35.5. The van der Waals surface area contributed by atoms with E-state index in [0.29, 0.717) is 22.8 Å². The van der Waals surface area contributed by atoms with E-state index < -0.39 is 9.84 Å². The summed E-state index contributed by atoms with van der Waals surface area (Å²) in [4.78, 5) is 12.7. The smallest absolute Gasteiger partial charge is 0.212 e. The molecular weight excluding hydrogens is 312 g/mol. The third-order valence-electron chi connectivity index (χ3n) is 2.99. The number of benzene rings is 1. The SMILES string of the molecule is CCCn1ncc(Cl)c1C(=O)c1ccc(S(C)(=O)=O)cc1. The van der Waals surface area contributed by atoms with E-state index >= 15 is 0 Å². The fourth-order valence-corrected chi connectivity index (χ4v) is 2.82. The largest absolute Gasteiger partial charge is 0.287 e. The van der Waals surface area contributed by atoms with E-state index in [-0.39, 0.29) is 10.7 Å². The molecule has 0 N–H and O–H groups in total. The highest BCUT2D eigenvalue weighted by Crippen LogP contribution is 2.20. The number of rotatable bonds is 5. The van der Waals surface area contributed by atoms with Crippen molar-refractivity contribution in [2.24, 2.45) is 0 Å². The van der Waals surface area contributed by atoms with Crippen LogP contribution < -0.4 is 0 Å². The summed E-state index contributed by atoms with van der Waals surface area (Å²) in [6.45, 7) is 2.57. The number of ketones is 1. The lowest BCUT2D eigenvalue weighted by Gasteiger charge is -2.06. The molecule has 2 aromatic rings. The van der Waals surface area contributed by atoms with Gasteiger partial charge in [-0.2, -0.15) is 5.10 Å². The highest BCUT2D eigenvalue weighted by molar-refractivity contribution is 7.90. The predicted octanol–water partition coefficient (Wildman–Crippen LogP) is 2.58. The van der Waals surface area contributed by atoms with Crippen LogP contribution >= 0.6 is 11.6 Å². The van der Waals surface area contributed by atoms with E-state index in [1.807, 2.05) is 6.92 Å². The van der Waals surface area contributed by atoms with Crippen molar-refractivity contribution in [3.63, 3.8) is 0 Å². The zero-order valence-corrected chi connectivity index (χ0v) is 13.3. The molecule has 0 saturated carbocycles. The molecule has 0 aliphatic heterocycles. The second-order valence-corrected chi connectivity index (χ2v) is 7.11. The summed E-state index contributed by atoms with van der Waals surface area (Å²) in [7, 11) is -3.28. The molecule has 1 aromatic heterocycles. The van der Waals surface area contributed by atoms with Crippen molar-refractivity contribution in [2.45, 2.75) is 24.8 Å². The van der Waals surface area contributed by atoms with Crippen LogP contribution in [-0.4, -0.2) is 30.2 Å². The van der Waals surface area contributed by atoms with Crippen LogP contribution in [-0.2, 0) is 16.4 Å². The lowest BCUT2D eigenvalue weighted by atomic mass is 10.1. The van der Waals surface area contributed by atoms with E-state index in [2.05, 4.69) is 5.10 Å². The number of hydrogen-bond acceptors (Lipinski definition) is 4. The summed E-state index contributed by atoms with van der Waals surface area (Å²) < 4.78 is 24.4. The number of hydrogen-bond donors (Lipinski definition) is 0. The third-order valence-corrected chi connectivity index (χ3v) is 4.40. The van der Waals surface area contributed by atoms with Gasteiger partial charge in [0.1, 0.15) is 5.69 Å². The minimum Gasteiger partial charge on any atom is -0.287 e. The van der Waals surface area contributed by atoms with Crippen LogP contribution in [0.4, 0.5) is 0 Å². The Morgan fingerprint density at radius 1 is 1.29 bits per heavy atom. The van der Waals surface area contributed by atoms with E-state index in [9.17, 15) is 13.2 Å². The van der Waals surface area contributed by atoms with Crippen LogP contribution in [0.15, 0.2) is 35.4 Å². The molecule has 0 fully saturated rings. The summed E-state index contributed by atoms with van der Waals surface area (Å²) in [5.74, 6) is -0.272. The van der Waals surface area contributed by atoms with Crippen molar-refractivity contribution in [1.29, 1.82) is 0 Å². The number of halogens is 1. The van der Waals surface area contributed by atoms with Crippen LogP contribution in [0.3, 0.4) is 0 Å². The Bertz CT molecular complexity index is 764. The topological polar surface area (TPSA) is 69.0 Å². The average molecular weight is 327 g/mol. The minimum atomic E-state index is -3.28. The quantitative estimate of drug-likeness (QED) is 0.792. The lowest BCUT2D eigenvalue weighted by Crippen LogP contribution is -2.12. The van der Waals surface area contributed by atoms with Crippen molar-refractivity contribution in [3.8, 4) is 0 Å². The number of sulfone groups is 1. The fourth-order valence-electron chi connectivity index (χ4n) is 1.96. The molecule has 0 aliphatic carbocycles. The maximum absolute atomic E-state index is 12.5. The van der Waals surface area contributed by atoms with Gasteiger partial charge in [0.05, 0.1) is 16.1 Å². The van der Waals surface area contributed by atoms with Gasteiger partial charge in [-0.25, -0.2) is 8.42 Å². The van der Waals surface area contributed by atoms with Crippen molar-refractivity contribution in [3.05, 3.63) is 46.7 Å². The van der Waals surface area contributed by atoms with Gasteiger partial charge in [0, 0.05) is 18.4 Å². The Balaban J connectivity index is 2.39. The summed E-state index contributed by atoms with van der Waals surface area (Å²) in [6, 6.07) is 5.80. The summed E-state index contributed by atoms with van der Waals surface area (Å²) in [6.07, 6.45) is 3.39. The fraction of sp³-hybridized carbons (Fsp3) is 0.286. The van der Waals surface area contributed by atoms with Gasteiger partial charge >= 0.3 is 0 Å². The van der Waals surface area contributed by atoms with E-state index in [1.54, 1.807) is 4.68 Å². The molecule has 0 radical (unpaired) electrons. The van der Waals surface area contributed by atoms with Gasteiger partial charge in [-0.15, -0.1) is 0 Å². The standard InChI is InChI=1S/C14H15ClN2O3S/c1-3-8-17-13(12(15)9-16-17)14(18)10-4-6-11(7-5-10)21(2,19)20/h4-7,9H,3,8H2,1-2H3. The van der Waals surface area contributed by atoms with Crippen LogP contribution in [0, 0.1) is 0 Å². The molecule has 0 amide bonds. The molecule has 0 saturated heterocycles. The van der Waals surface area contributed by atoms with Gasteiger partial charge in [-0.1, -0.05) is 18.5 Å². The number of aryl methyl sites for hydroxylation is 1. The number of carbonyl (C=O) groups excluding carboxylic acids is 1. The molecule has 0 aliphatic rings. The Morgan fingerprint density at radius 2 is 1.90 bits per heavy atom. The van der Waals surface area contributed by atoms with Gasteiger partial charge in [0.15, 0.2) is 9.84 Å². The minimum absolute atomic E-state index is 0.173. The Morgan fingerprint density at radius 3 is 2.43 bits per heavy atom. The zero-order valence-electron chi connectivity index (χ0n) is 11.7. The molecule has 0 atom stereocenters. The van der Waals surface area contributed by atoms with E-state index in [4.69, 9.17) is 11.6 Å². The number of carbonyl (C=O) groups is 1. The van der Waals surface area contributed by atoms with Crippen LogP contribution in [0.25, 0.3) is 0 Å². The molecule has 5 nitrogen and oxygen atoms in total. The van der Waals surface area contributed by atoms with E-state index in [1.165, 1.54) is 30.5 Å². The molecule has 0 bridgehead atoms. The first-order chi connectivity index (χ1) is 9.84. The van der Waals surface area contributed by atoms with E-state index in [0.717, 1.165) is 12.7 Å². The first-order valence-electron chi connectivity index (χ1n) is 6.40. The van der Waals surface area contributed by atoms with Crippen molar-refractivity contribution in [2.75, 3.05) is 6.26 Å². The first kappa shape index (κ1) is 15.7. The first-order valence-corrected chi connectivity index (χ1v) is 8.67. The lowest BCUT2D eigenvalue weighted by molar-refractivity contribution is 0.102. The van der Waals surface area contributed by atoms with Crippen molar-refractivity contribution in [1.82, 2.24) is 9.78 Å². The molecule has 21 heavy (non-hydrogen) atoms. The van der Waals surface area contributed by atoms with Gasteiger partial charge in [-0.3, -0.25) is 9.48 Å². The monoisotopic (exact) mass is 326 g/mol. The molecule has 7 heteroatoms. The second-order valence-electron chi connectivity index (χ2n) is 4.69. The van der Waals surface area contributed by atoms with Gasteiger partial charge in [0.25, 0.3) is 0 Å². The Hall–Kier alpha value is -1.66. The second kappa shape index (κ2) is 5.99. The van der Waals surface area contributed by atoms with Crippen molar-refractivity contribution < 1.29 is 13.2 Å². The molecule has 0 spiro atoms. The molecule has 112 valence electrons. The Kier molecular flexibility index (Phi) is 4.49. The number of aromatic nitrogens is 2. The summed E-state index contributed by atoms with van der Waals surface area (Å²) >= 11 is 6.03. The summed E-state index contributed by atoms with van der Waals surface area (Å²) in [5.41, 5.74) is 0.702. The molecular formula is C14H15ClN2O3S. The molecule has 2 rings (SSSR count). The van der Waals surface area contributed by atoms with Gasteiger partial charge in [-0.05, 0) is 30.7 Å². The Labute approximate surface area is 128 Å².